The third-order valence-electron chi connectivity index (χ3n) is 5.63. The predicted octanol–water partition coefficient (Wildman–Crippen LogP) is 3.17. The maximum absolute atomic E-state index is 12.9. The van der Waals surface area contributed by atoms with E-state index in [1.165, 1.54) is 11.3 Å². The Morgan fingerprint density at radius 1 is 1.29 bits per heavy atom. The van der Waals surface area contributed by atoms with Crippen molar-refractivity contribution in [3.05, 3.63) is 32.6 Å². The molecule has 1 saturated heterocycles. The van der Waals surface area contributed by atoms with Crippen LogP contribution < -0.4 is 11.1 Å². The van der Waals surface area contributed by atoms with E-state index in [4.69, 9.17) is 17.3 Å². The topological polar surface area (TPSA) is 114 Å². The number of carbonyl (C=O) groups excluding carboxylic acids is 2. The standard InChI is InChI=1S/C21H29ClN6O2S/c1-12(24-20(29)17-11-31-14(3)27-17)21(30)28-9-4-5-15(8-10-28)6-7-16-18(22)25-13(2)26-19(16)23/h11-12,15H,4-10H2,1-3H3,(H,24,29)(H2,23,25,26)/t12-,15+/m0/s1. The number of rotatable bonds is 6. The zero-order valence-electron chi connectivity index (χ0n) is 18.2. The molecule has 2 aromatic heterocycles. The Balaban J connectivity index is 1.51. The summed E-state index contributed by atoms with van der Waals surface area (Å²) in [5.41, 5.74) is 7.18. The predicted molar refractivity (Wildman–Crippen MR) is 122 cm³/mol. The molecule has 0 radical (unpaired) electrons. The van der Waals surface area contributed by atoms with Crippen LogP contribution in [0.5, 0.6) is 0 Å². The Kier molecular flexibility index (Phi) is 7.83. The molecule has 0 aliphatic carbocycles. The van der Waals surface area contributed by atoms with E-state index < -0.39 is 6.04 Å². The van der Waals surface area contributed by atoms with Crippen molar-refractivity contribution >= 4 is 40.6 Å². The number of thiazole rings is 1. The van der Waals surface area contributed by atoms with Crippen LogP contribution in [-0.4, -0.2) is 50.8 Å². The lowest BCUT2D eigenvalue weighted by molar-refractivity contribution is -0.132. The molecule has 10 heteroatoms. The summed E-state index contributed by atoms with van der Waals surface area (Å²) < 4.78 is 0. The van der Waals surface area contributed by atoms with Gasteiger partial charge < -0.3 is 16.0 Å². The SMILES string of the molecule is Cc1nc(N)c(CC[C@H]2CCCN(C(=O)[C@H](C)NC(=O)c3csc(C)n3)CC2)c(Cl)n1. The fourth-order valence-corrected chi connectivity index (χ4v) is 4.82. The number of aromatic nitrogens is 3. The van der Waals surface area contributed by atoms with Gasteiger partial charge in [-0.1, -0.05) is 11.6 Å². The van der Waals surface area contributed by atoms with E-state index in [1.54, 1.807) is 19.2 Å². The van der Waals surface area contributed by atoms with Gasteiger partial charge in [0, 0.05) is 24.0 Å². The van der Waals surface area contributed by atoms with Crippen LogP contribution in [0.25, 0.3) is 0 Å². The van der Waals surface area contributed by atoms with Crippen molar-refractivity contribution in [2.75, 3.05) is 18.8 Å². The number of aryl methyl sites for hydroxylation is 2. The minimum absolute atomic E-state index is 0.0554. The largest absolute Gasteiger partial charge is 0.383 e. The number of nitrogens with zero attached hydrogens (tertiary/aromatic N) is 4. The van der Waals surface area contributed by atoms with Crippen molar-refractivity contribution in [2.24, 2.45) is 5.92 Å². The van der Waals surface area contributed by atoms with Gasteiger partial charge in [-0.15, -0.1) is 11.3 Å². The first-order chi connectivity index (χ1) is 14.7. The van der Waals surface area contributed by atoms with Gasteiger partial charge in [0.15, 0.2) is 0 Å². The molecular weight excluding hydrogens is 436 g/mol. The molecule has 8 nitrogen and oxygen atoms in total. The molecule has 3 N–H and O–H groups in total. The van der Waals surface area contributed by atoms with Gasteiger partial charge in [-0.25, -0.2) is 15.0 Å². The summed E-state index contributed by atoms with van der Waals surface area (Å²) in [4.78, 5) is 39.6. The van der Waals surface area contributed by atoms with Crippen molar-refractivity contribution in [3.63, 3.8) is 0 Å². The Morgan fingerprint density at radius 3 is 2.74 bits per heavy atom. The van der Waals surface area contributed by atoms with Gasteiger partial charge in [0.1, 0.15) is 28.5 Å². The molecule has 0 unspecified atom stereocenters. The number of nitrogens with two attached hydrogens (primary N) is 1. The van der Waals surface area contributed by atoms with E-state index in [2.05, 4.69) is 20.3 Å². The van der Waals surface area contributed by atoms with Crippen LogP contribution in [0, 0.1) is 19.8 Å². The third kappa shape index (κ3) is 6.13. The van der Waals surface area contributed by atoms with Crippen molar-refractivity contribution < 1.29 is 9.59 Å². The summed E-state index contributed by atoms with van der Waals surface area (Å²) in [5.74, 6) is 1.12. The van der Waals surface area contributed by atoms with E-state index in [1.807, 2.05) is 11.8 Å². The number of carbonyl (C=O) groups is 2. The Morgan fingerprint density at radius 2 is 2.06 bits per heavy atom. The van der Waals surface area contributed by atoms with E-state index in [0.29, 0.717) is 41.5 Å². The van der Waals surface area contributed by atoms with E-state index in [-0.39, 0.29) is 11.8 Å². The first-order valence-corrected chi connectivity index (χ1v) is 11.8. The van der Waals surface area contributed by atoms with Crippen LogP contribution in [-0.2, 0) is 11.2 Å². The number of halogens is 1. The second kappa shape index (κ2) is 10.4. The van der Waals surface area contributed by atoms with Crippen LogP contribution in [0.15, 0.2) is 5.38 Å². The lowest BCUT2D eigenvalue weighted by Gasteiger charge is -2.24. The van der Waals surface area contributed by atoms with Crippen LogP contribution >= 0.6 is 22.9 Å². The minimum Gasteiger partial charge on any atom is -0.383 e. The molecule has 2 amide bonds. The van der Waals surface area contributed by atoms with Crippen LogP contribution in [0.2, 0.25) is 5.15 Å². The highest BCUT2D eigenvalue weighted by atomic mass is 35.5. The third-order valence-corrected chi connectivity index (χ3v) is 6.72. The second-order valence-corrected chi connectivity index (χ2v) is 9.45. The molecule has 0 bridgehead atoms. The second-order valence-electron chi connectivity index (χ2n) is 8.03. The molecule has 0 aromatic carbocycles. The number of nitrogen functional groups attached to an aromatic ring is 1. The quantitative estimate of drug-likeness (QED) is 0.634. The number of likely N-dealkylation sites (tertiary alicyclic amines) is 1. The summed E-state index contributed by atoms with van der Waals surface area (Å²) in [6, 6.07) is -0.589. The molecule has 3 heterocycles. The summed E-state index contributed by atoms with van der Waals surface area (Å²) in [6.07, 6.45) is 4.52. The molecule has 31 heavy (non-hydrogen) atoms. The maximum atomic E-state index is 12.9. The Labute approximate surface area is 191 Å². The van der Waals surface area contributed by atoms with Gasteiger partial charge in [0.25, 0.3) is 5.91 Å². The normalized spacial score (nSPS) is 17.8. The van der Waals surface area contributed by atoms with Gasteiger partial charge in [-0.3, -0.25) is 9.59 Å². The molecular formula is C21H29ClN6O2S. The average Bonchev–Trinajstić information content (AvgIpc) is 3.01. The van der Waals surface area contributed by atoms with Gasteiger partial charge in [-0.2, -0.15) is 0 Å². The number of hydrogen-bond donors (Lipinski definition) is 2. The number of amides is 2. The fourth-order valence-electron chi connectivity index (χ4n) is 3.91. The number of hydrogen-bond acceptors (Lipinski definition) is 7. The van der Waals surface area contributed by atoms with Gasteiger partial charge >= 0.3 is 0 Å². The summed E-state index contributed by atoms with van der Waals surface area (Å²) in [7, 11) is 0. The van der Waals surface area contributed by atoms with Crippen molar-refractivity contribution in [1.29, 1.82) is 0 Å². The Hall–Kier alpha value is -2.26. The first-order valence-electron chi connectivity index (χ1n) is 10.5. The molecule has 1 aliphatic heterocycles. The maximum Gasteiger partial charge on any atom is 0.271 e. The molecule has 168 valence electrons. The zero-order chi connectivity index (χ0) is 22.5. The minimum atomic E-state index is -0.589. The lowest BCUT2D eigenvalue weighted by atomic mass is 9.93. The van der Waals surface area contributed by atoms with Crippen LogP contribution in [0.3, 0.4) is 0 Å². The molecule has 2 aromatic rings. The number of anilines is 1. The monoisotopic (exact) mass is 464 g/mol. The molecule has 0 saturated carbocycles. The van der Waals surface area contributed by atoms with Gasteiger partial charge in [0.05, 0.1) is 5.01 Å². The highest BCUT2D eigenvalue weighted by Crippen LogP contribution is 2.27. The molecule has 1 fully saturated rings. The molecule has 1 aliphatic rings. The van der Waals surface area contributed by atoms with Gasteiger partial charge in [-0.05, 0) is 58.8 Å². The Bertz CT molecular complexity index is 927. The smallest absolute Gasteiger partial charge is 0.271 e. The van der Waals surface area contributed by atoms with Crippen molar-refractivity contribution in [3.8, 4) is 0 Å². The van der Waals surface area contributed by atoms with Crippen molar-refractivity contribution in [2.45, 2.75) is 58.9 Å². The summed E-state index contributed by atoms with van der Waals surface area (Å²) >= 11 is 7.66. The van der Waals surface area contributed by atoms with E-state index in [9.17, 15) is 9.59 Å². The van der Waals surface area contributed by atoms with Crippen LogP contribution in [0.4, 0.5) is 5.82 Å². The summed E-state index contributed by atoms with van der Waals surface area (Å²) in [5, 5.41) is 5.73. The molecule has 3 rings (SSSR count). The summed E-state index contributed by atoms with van der Waals surface area (Å²) in [6.45, 7) is 6.71. The first kappa shape index (κ1) is 23.4. The molecule has 0 spiro atoms. The lowest BCUT2D eigenvalue weighted by Crippen LogP contribution is -2.47. The molecule has 2 atom stereocenters. The van der Waals surface area contributed by atoms with Crippen LogP contribution in [0.1, 0.15) is 59.5 Å². The van der Waals surface area contributed by atoms with E-state index >= 15 is 0 Å². The van der Waals surface area contributed by atoms with Gasteiger partial charge in [0.2, 0.25) is 5.91 Å². The van der Waals surface area contributed by atoms with Crippen molar-refractivity contribution in [1.82, 2.24) is 25.2 Å². The fraction of sp³-hybridized carbons (Fsp3) is 0.571. The zero-order valence-corrected chi connectivity index (χ0v) is 19.7. The highest BCUT2D eigenvalue weighted by Gasteiger charge is 2.26. The average molecular weight is 465 g/mol. The number of nitrogens with one attached hydrogen (secondary N) is 1. The van der Waals surface area contributed by atoms with E-state index in [0.717, 1.165) is 42.7 Å². The highest BCUT2D eigenvalue weighted by molar-refractivity contribution is 7.09.